The minimum absolute atomic E-state index is 0.0475. The third-order valence-electron chi connectivity index (χ3n) is 5.97. The van der Waals surface area contributed by atoms with E-state index in [1.807, 2.05) is 63.2 Å². The van der Waals surface area contributed by atoms with Crippen molar-refractivity contribution < 1.29 is 23.8 Å². The van der Waals surface area contributed by atoms with Gasteiger partial charge in [0.05, 0.1) is 21.3 Å². The summed E-state index contributed by atoms with van der Waals surface area (Å²) in [4.78, 5) is 28.2. The van der Waals surface area contributed by atoms with E-state index in [2.05, 4.69) is 5.32 Å². The molecule has 186 valence electrons. The standard InChI is InChI=1S/C27H38N2O5/c1-7-19(3)28-27(31)23(8-2)29(18-21-9-13-22(32-4)14-10-21)26(30)16-12-20-11-15-24(33-5)25(17-20)34-6/h9-11,13-15,17,19,23H,7-8,12,16,18H2,1-6H3,(H,28,31)/t19-,23+/m0/s1. The lowest BCUT2D eigenvalue weighted by Gasteiger charge is -2.31. The van der Waals surface area contributed by atoms with Gasteiger partial charge in [0.1, 0.15) is 11.8 Å². The molecule has 0 saturated carbocycles. The fraction of sp³-hybridized carbons (Fsp3) is 0.481. The molecular weight excluding hydrogens is 432 g/mol. The molecule has 0 saturated heterocycles. The largest absolute Gasteiger partial charge is 0.497 e. The summed E-state index contributed by atoms with van der Waals surface area (Å²) in [6.45, 7) is 6.28. The molecule has 1 N–H and O–H groups in total. The Bertz CT molecular complexity index is 929. The van der Waals surface area contributed by atoms with Crippen LogP contribution in [0.15, 0.2) is 42.5 Å². The minimum Gasteiger partial charge on any atom is -0.497 e. The van der Waals surface area contributed by atoms with Crippen LogP contribution in [0.25, 0.3) is 0 Å². The van der Waals surface area contributed by atoms with Crippen molar-refractivity contribution in [2.24, 2.45) is 0 Å². The van der Waals surface area contributed by atoms with Crippen LogP contribution < -0.4 is 19.5 Å². The van der Waals surface area contributed by atoms with Crippen molar-refractivity contribution >= 4 is 11.8 Å². The quantitative estimate of drug-likeness (QED) is 0.471. The molecule has 0 aliphatic heterocycles. The topological polar surface area (TPSA) is 77.1 Å². The Labute approximate surface area is 203 Å². The monoisotopic (exact) mass is 470 g/mol. The number of methoxy groups -OCH3 is 3. The smallest absolute Gasteiger partial charge is 0.243 e. The maximum Gasteiger partial charge on any atom is 0.243 e. The lowest BCUT2D eigenvalue weighted by Crippen LogP contribution is -2.50. The third kappa shape index (κ3) is 7.40. The number of amides is 2. The number of carbonyl (C=O) groups is 2. The van der Waals surface area contributed by atoms with Crippen LogP contribution >= 0.6 is 0 Å². The van der Waals surface area contributed by atoms with E-state index in [1.165, 1.54) is 0 Å². The average molecular weight is 471 g/mol. The van der Waals surface area contributed by atoms with Crippen molar-refractivity contribution in [1.82, 2.24) is 10.2 Å². The Morgan fingerprint density at radius 3 is 2.09 bits per heavy atom. The minimum atomic E-state index is -0.547. The molecule has 0 radical (unpaired) electrons. The highest BCUT2D eigenvalue weighted by Gasteiger charge is 2.29. The number of carbonyl (C=O) groups excluding carboxylic acids is 2. The first-order valence-electron chi connectivity index (χ1n) is 11.8. The van der Waals surface area contributed by atoms with Gasteiger partial charge in [-0.3, -0.25) is 9.59 Å². The molecule has 0 aliphatic rings. The number of rotatable bonds is 13. The third-order valence-corrected chi connectivity index (χ3v) is 5.97. The van der Waals surface area contributed by atoms with Crippen molar-refractivity contribution in [2.75, 3.05) is 21.3 Å². The average Bonchev–Trinajstić information content (AvgIpc) is 2.87. The van der Waals surface area contributed by atoms with E-state index < -0.39 is 6.04 Å². The molecule has 7 heteroatoms. The summed E-state index contributed by atoms with van der Waals surface area (Å²) in [5, 5.41) is 3.04. The Balaban J connectivity index is 2.23. The summed E-state index contributed by atoms with van der Waals surface area (Å²) in [6, 6.07) is 12.7. The van der Waals surface area contributed by atoms with Crippen LogP contribution in [-0.2, 0) is 22.6 Å². The van der Waals surface area contributed by atoms with Gasteiger partial charge in [-0.05, 0) is 61.6 Å². The zero-order valence-electron chi connectivity index (χ0n) is 21.2. The molecule has 0 aliphatic carbocycles. The molecule has 0 bridgehead atoms. The van der Waals surface area contributed by atoms with E-state index in [1.54, 1.807) is 26.2 Å². The van der Waals surface area contributed by atoms with Gasteiger partial charge in [0.15, 0.2) is 11.5 Å². The summed E-state index contributed by atoms with van der Waals surface area (Å²) >= 11 is 0. The molecule has 0 unspecified atom stereocenters. The van der Waals surface area contributed by atoms with Crippen molar-refractivity contribution in [3.8, 4) is 17.2 Å². The van der Waals surface area contributed by atoms with Gasteiger partial charge in [-0.15, -0.1) is 0 Å². The Morgan fingerprint density at radius 2 is 1.53 bits per heavy atom. The van der Waals surface area contributed by atoms with Gasteiger partial charge in [0, 0.05) is 19.0 Å². The van der Waals surface area contributed by atoms with Gasteiger partial charge in [0.2, 0.25) is 11.8 Å². The number of hydrogen-bond acceptors (Lipinski definition) is 5. The number of benzene rings is 2. The van der Waals surface area contributed by atoms with E-state index in [4.69, 9.17) is 14.2 Å². The summed E-state index contributed by atoms with van der Waals surface area (Å²) < 4.78 is 15.9. The van der Waals surface area contributed by atoms with Crippen LogP contribution in [0.5, 0.6) is 17.2 Å². The van der Waals surface area contributed by atoms with Gasteiger partial charge in [0.25, 0.3) is 0 Å². The van der Waals surface area contributed by atoms with E-state index in [0.717, 1.165) is 23.3 Å². The Morgan fingerprint density at radius 1 is 0.882 bits per heavy atom. The highest BCUT2D eigenvalue weighted by atomic mass is 16.5. The molecule has 0 spiro atoms. The van der Waals surface area contributed by atoms with Crippen LogP contribution in [0.3, 0.4) is 0 Å². The Kier molecular flexibility index (Phi) is 10.7. The summed E-state index contributed by atoms with van der Waals surface area (Å²) in [5.74, 6) is 1.83. The second-order valence-corrected chi connectivity index (χ2v) is 8.30. The van der Waals surface area contributed by atoms with E-state index in [-0.39, 0.29) is 24.3 Å². The van der Waals surface area contributed by atoms with E-state index >= 15 is 0 Å². The highest BCUT2D eigenvalue weighted by Crippen LogP contribution is 2.28. The fourth-order valence-corrected chi connectivity index (χ4v) is 3.72. The van der Waals surface area contributed by atoms with Gasteiger partial charge in [-0.2, -0.15) is 0 Å². The van der Waals surface area contributed by atoms with Crippen molar-refractivity contribution in [1.29, 1.82) is 0 Å². The zero-order chi connectivity index (χ0) is 25.1. The molecule has 7 nitrogen and oxygen atoms in total. The van der Waals surface area contributed by atoms with Gasteiger partial charge >= 0.3 is 0 Å². The van der Waals surface area contributed by atoms with Gasteiger partial charge in [-0.25, -0.2) is 0 Å². The lowest BCUT2D eigenvalue weighted by atomic mass is 10.1. The maximum absolute atomic E-state index is 13.4. The first-order valence-corrected chi connectivity index (χ1v) is 11.8. The van der Waals surface area contributed by atoms with Gasteiger partial charge in [-0.1, -0.05) is 32.0 Å². The highest BCUT2D eigenvalue weighted by molar-refractivity contribution is 5.88. The van der Waals surface area contributed by atoms with E-state index in [0.29, 0.717) is 30.9 Å². The van der Waals surface area contributed by atoms with Crippen molar-refractivity contribution in [3.63, 3.8) is 0 Å². The number of ether oxygens (including phenoxy) is 3. The second kappa shape index (κ2) is 13.5. The molecule has 0 aromatic heterocycles. The molecule has 2 aromatic rings. The van der Waals surface area contributed by atoms with Crippen LogP contribution in [0, 0.1) is 0 Å². The van der Waals surface area contributed by atoms with Crippen molar-refractivity contribution in [3.05, 3.63) is 53.6 Å². The zero-order valence-corrected chi connectivity index (χ0v) is 21.2. The summed E-state index contributed by atoms with van der Waals surface area (Å²) in [5.41, 5.74) is 1.91. The molecule has 2 aromatic carbocycles. The van der Waals surface area contributed by atoms with Crippen LogP contribution in [0.1, 0.15) is 51.2 Å². The maximum atomic E-state index is 13.4. The van der Waals surface area contributed by atoms with E-state index in [9.17, 15) is 9.59 Å². The summed E-state index contributed by atoms with van der Waals surface area (Å²) in [7, 11) is 4.80. The normalized spacial score (nSPS) is 12.4. The Hall–Kier alpha value is -3.22. The predicted molar refractivity (Wildman–Crippen MR) is 133 cm³/mol. The predicted octanol–water partition coefficient (Wildman–Crippen LogP) is 4.37. The fourth-order valence-electron chi connectivity index (χ4n) is 3.72. The van der Waals surface area contributed by atoms with Crippen LogP contribution in [0.2, 0.25) is 0 Å². The molecule has 2 rings (SSSR count). The van der Waals surface area contributed by atoms with Gasteiger partial charge < -0.3 is 24.4 Å². The number of aryl methyl sites for hydroxylation is 1. The first kappa shape index (κ1) is 27.0. The molecule has 34 heavy (non-hydrogen) atoms. The molecular formula is C27H38N2O5. The molecule has 0 heterocycles. The summed E-state index contributed by atoms with van der Waals surface area (Å²) in [6.07, 6.45) is 2.16. The first-order chi connectivity index (χ1) is 16.4. The SMILES string of the molecule is CC[C@H](C(=O)N[C@@H](C)CC)N(Cc1ccc(OC)cc1)C(=O)CCc1ccc(OC)c(OC)c1. The molecule has 2 atom stereocenters. The van der Waals surface area contributed by atoms with Crippen LogP contribution in [-0.4, -0.2) is 50.1 Å². The second-order valence-electron chi connectivity index (χ2n) is 8.30. The lowest BCUT2D eigenvalue weighted by molar-refractivity contribution is -0.141. The number of hydrogen-bond donors (Lipinski definition) is 1. The number of nitrogens with zero attached hydrogens (tertiary/aromatic N) is 1. The van der Waals surface area contributed by atoms with Crippen LogP contribution in [0.4, 0.5) is 0 Å². The molecule has 2 amide bonds. The molecule has 0 fully saturated rings. The number of nitrogens with one attached hydrogen (secondary N) is 1. The van der Waals surface area contributed by atoms with Crippen molar-refractivity contribution in [2.45, 2.75) is 65.1 Å².